The monoisotopic (exact) mass is 325 g/mol. The Morgan fingerprint density at radius 3 is 3.00 bits per heavy atom. The molecule has 3 aromatic heterocycles. The number of nitrogens with one attached hydrogen (secondary N) is 2. The van der Waals surface area contributed by atoms with E-state index in [4.69, 9.17) is 0 Å². The Kier molecular flexibility index (Phi) is 3.37. The molecule has 122 valence electrons. The predicted octanol–water partition coefficient (Wildman–Crippen LogP) is 2.88. The maximum Gasteiger partial charge on any atom is 0.200 e. The number of aromatic amines is 1. The summed E-state index contributed by atoms with van der Waals surface area (Å²) < 4.78 is 14.9. The first-order chi connectivity index (χ1) is 11.6. The first-order valence-corrected chi connectivity index (χ1v) is 7.69. The largest absolute Gasteiger partial charge is 0.375 e. The SMILES string of the molecule is CC(C)c1cc(NCc2nc3ccc(F)cc3[nH]2)c2nncn2n1. The summed E-state index contributed by atoms with van der Waals surface area (Å²) in [5, 5.41) is 15.8. The zero-order chi connectivity index (χ0) is 16.7. The Balaban J connectivity index is 1.64. The van der Waals surface area contributed by atoms with Gasteiger partial charge < -0.3 is 10.3 Å². The van der Waals surface area contributed by atoms with Crippen molar-refractivity contribution in [3.05, 3.63) is 47.9 Å². The molecule has 0 aliphatic heterocycles. The van der Waals surface area contributed by atoms with Crippen LogP contribution in [0.5, 0.6) is 0 Å². The van der Waals surface area contributed by atoms with Crippen LogP contribution in [0.3, 0.4) is 0 Å². The molecule has 4 rings (SSSR count). The normalized spacial score (nSPS) is 11.7. The molecule has 0 unspecified atom stereocenters. The van der Waals surface area contributed by atoms with Crippen LogP contribution in [0.1, 0.15) is 31.3 Å². The standard InChI is InChI=1S/C16H16FN7/c1-9(2)12-6-14(16-22-19-8-24(16)23-12)18-7-15-20-11-4-3-10(17)5-13(11)21-15/h3-6,8-9,18H,7H2,1-2H3,(H,20,21). The fourth-order valence-electron chi connectivity index (χ4n) is 2.56. The van der Waals surface area contributed by atoms with Gasteiger partial charge in [0.2, 0.25) is 5.65 Å². The Morgan fingerprint density at radius 1 is 1.29 bits per heavy atom. The number of hydrogen-bond donors (Lipinski definition) is 2. The van der Waals surface area contributed by atoms with Gasteiger partial charge in [-0.1, -0.05) is 13.8 Å². The van der Waals surface area contributed by atoms with E-state index in [0.717, 1.165) is 22.7 Å². The number of anilines is 1. The topological polar surface area (TPSA) is 83.8 Å². The van der Waals surface area contributed by atoms with E-state index in [2.05, 4.69) is 44.4 Å². The van der Waals surface area contributed by atoms with Gasteiger partial charge in [-0.25, -0.2) is 9.37 Å². The van der Waals surface area contributed by atoms with E-state index in [9.17, 15) is 4.39 Å². The van der Waals surface area contributed by atoms with Crippen LogP contribution >= 0.6 is 0 Å². The number of H-pyrrole nitrogens is 1. The molecule has 0 fully saturated rings. The highest BCUT2D eigenvalue weighted by molar-refractivity contribution is 5.75. The third-order valence-electron chi connectivity index (χ3n) is 3.82. The third kappa shape index (κ3) is 2.55. The Bertz CT molecular complexity index is 1020. The van der Waals surface area contributed by atoms with Gasteiger partial charge in [0.25, 0.3) is 0 Å². The minimum Gasteiger partial charge on any atom is -0.375 e. The maximum absolute atomic E-state index is 13.3. The predicted molar refractivity (Wildman–Crippen MR) is 88.2 cm³/mol. The number of benzene rings is 1. The fourth-order valence-corrected chi connectivity index (χ4v) is 2.56. The van der Waals surface area contributed by atoms with Crippen molar-refractivity contribution in [2.24, 2.45) is 0 Å². The average Bonchev–Trinajstić information content (AvgIpc) is 3.17. The minimum absolute atomic E-state index is 0.284. The van der Waals surface area contributed by atoms with Gasteiger partial charge in [0, 0.05) is 0 Å². The minimum atomic E-state index is -0.286. The molecule has 8 heteroatoms. The molecular weight excluding hydrogens is 309 g/mol. The molecule has 7 nitrogen and oxygen atoms in total. The molecule has 0 saturated heterocycles. The van der Waals surface area contributed by atoms with Gasteiger partial charge in [0.1, 0.15) is 18.0 Å². The van der Waals surface area contributed by atoms with Crippen molar-refractivity contribution in [2.45, 2.75) is 26.3 Å². The maximum atomic E-state index is 13.3. The molecule has 0 spiro atoms. The number of hydrogen-bond acceptors (Lipinski definition) is 5. The molecule has 0 radical (unpaired) electrons. The van der Waals surface area contributed by atoms with Crippen LogP contribution in [0.15, 0.2) is 30.6 Å². The van der Waals surface area contributed by atoms with E-state index in [-0.39, 0.29) is 11.7 Å². The lowest BCUT2D eigenvalue weighted by Gasteiger charge is -2.10. The number of nitrogens with zero attached hydrogens (tertiary/aromatic N) is 5. The van der Waals surface area contributed by atoms with Crippen molar-refractivity contribution in [1.82, 2.24) is 29.8 Å². The van der Waals surface area contributed by atoms with Crippen LogP contribution in [-0.4, -0.2) is 29.8 Å². The molecule has 0 amide bonds. The van der Waals surface area contributed by atoms with Crippen molar-refractivity contribution >= 4 is 22.4 Å². The molecule has 3 heterocycles. The summed E-state index contributed by atoms with van der Waals surface area (Å²) in [6, 6.07) is 6.46. The second kappa shape index (κ2) is 5.55. The molecule has 0 aliphatic rings. The van der Waals surface area contributed by atoms with Gasteiger partial charge in [0.15, 0.2) is 0 Å². The Morgan fingerprint density at radius 2 is 2.17 bits per heavy atom. The van der Waals surface area contributed by atoms with Gasteiger partial charge in [0.05, 0.1) is 29.0 Å². The summed E-state index contributed by atoms with van der Waals surface area (Å²) in [6.45, 7) is 4.62. The van der Waals surface area contributed by atoms with Gasteiger partial charge in [-0.2, -0.15) is 9.61 Å². The highest BCUT2D eigenvalue weighted by Crippen LogP contribution is 2.21. The van der Waals surface area contributed by atoms with E-state index in [1.165, 1.54) is 12.1 Å². The average molecular weight is 325 g/mol. The zero-order valence-electron chi connectivity index (χ0n) is 13.3. The smallest absolute Gasteiger partial charge is 0.200 e. The molecule has 1 aromatic carbocycles. The second-order valence-electron chi connectivity index (χ2n) is 5.94. The summed E-state index contributed by atoms with van der Waals surface area (Å²) in [5.41, 5.74) is 3.84. The lowest BCUT2D eigenvalue weighted by atomic mass is 10.1. The van der Waals surface area contributed by atoms with E-state index >= 15 is 0 Å². The van der Waals surface area contributed by atoms with Gasteiger partial charge in [-0.05, 0) is 30.2 Å². The van der Waals surface area contributed by atoms with Crippen LogP contribution in [0.2, 0.25) is 0 Å². The molecule has 0 atom stereocenters. The van der Waals surface area contributed by atoms with Crippen molar-refractivity contribution in [2.75, 3.05) is 5.32 Å². The molecule has 4 aromatic rings. The first kappa shape index (κ1) is 14.6. The summed E-state index contributed by atoms with van der Waals surface area (Å²) in [6.07, 6.45) is 1.58. The molecule has 24 heavy (non-hydrogen) atoms. The van der Waals surface area contributed by atoms with E-state index < -0.39 is 0 Å². The summed E-state index contributed by atoms with van der Waals surface area (Å²) in [7, 11) is 0. The summed E-state index contributed by atoms with van der Waals surface area (Å²) >= 11 is 0. The van der Waals surface area contributed by atoms with Gasteiger partial charge >= 0.3 is 0 Å². The summed E-state index contributed by atoms with van der Waals surface area (Å²) in [4.78, 5) is 7.56. The fraction of sp³-hybridized carbons (Fsp3) is 0.250. The molecule has 0 saturated carbocycles. The quantitative estimate of drug-likeness (QED) is 0.603. The lowest BCUT2D eigenvalue weighted by Crippen LogP contribution is -2.07. The summed E-state index contributed by atoms with van der Waals surface area (Å²) in [5.74, 6) is 0.717. The third-order valence-corrected chi connectivity index (χ3v) is 3.82. The molecule has 0 aliphatic carbocycles. The van der Waals surface area contributed by atoms with E-state index in [1.807, 2.05) is 6.07 Å². The second-order valence-corrected chi connectivity index (χ2v) is 5.94. The van der Waals surface area contributed by atoms with Crippen molar-refractivity contribution in [3.8, 4) is 0 Å². The van der Waals surface area contributed by atoms with Crippen LogP contribution in [0.25, 0.3) is 16.7 Å². The van der Waals surface area contributed by atoms with Crippen molar-refractivity contribution in [1.29, 1.82) is 0 Å². The molecular formula is C16H16FN7. The van der Waals surface area contributed by atoms with E-state index in [1.54, 1.807) is 16.9 Å². The van der Waals surface area contributed by atoms with Crippen molar-refractivity contribution in [3.63, 3.8) is 0 Å². The van der Waals surface area contributed by atoms with Crippen LogP contribution in [-0.2, 0) is 6.54 Å². The Hall–Kier alpha value is -3.03. The van der Waals surface area contributed by atoms with Crippen molar-refractivity contribution < 1.29 is 4.39 Å². The Labute approximate surface area is 136 Å². The number of imidazole rings is 1. The lowest BCUT2D eigenvalue weighted by molar-refractivity contribution is 0.629. The van der Waals surface area contributed by atoms with Gasteiger partial charge in [-0.15, -0.1) is 10.2 Å². The number of rotatable bonds is 4. The van der Waals surface area contributed by atoms with Crippen LogP contribution in [0.4, 0.5) is 10.1 Å². The highest BCUT2D eigenvalue weighted by Gasteiger charge is 2.11. The first-order valence-electron chi connectivity index (χ1n) is 7.69. The van der Waals surface area contributed by atoms with Gasteiger partial charge in [-0.3, -0.25) is 0 Å². The zero-order valence-corrected chi connectivity index (χ0v) is 13.3. The number of halogens is 1. The highest BCUT2D eigenvalue weighted by atomic mass is 19.1. The van der Waals surface area contributed by atoms with E-state index in [0.29, 0.717) is 17.7 Å². The van der Waals surface area contributed by atoms with Crippen LogP contribution < -0.4 is 5.32 Å². The number of fused-ring (bicyclic) bond motifs is 2. The molecule has 0 bridgehead atoms. The molecule has 2 N–H and O–H groups in total. The number of aromatic nitrogens is 6. The van der Waals surface area contributed by atoms with Crippen LogP contribution in [0, 0.1) is 5.82 Å².